The van der Waals surface area contributed by atoms with E-state index in [9.17, 15) is 0 Å². The number of hydrogen-bond donors (Lipinski definition) is 0. The Morgan fingerprint density at radius 2 is 1.79 bits per heavy atom. The molecule has 1 aliphatic carbocycles. The van der Waals surface area contributed by atoms with Crippen molar-refractivity contribution < 1.29 is 0 Å². The zero-order valence-corrected chi connectivity index (χ0v) is 8.45. The molecule has 0 saturated heterocycles. The Morgan fingerprint density at radius 1 is 0.929 bits per heavy atom. The summed E-state index contributed by atoms with van der Waals surface area (Å²) in [6.07, 6.45) is 12.1. The third-order valence-corrected chi connectivity index (χ3v) is 2.62. The van der Waals surface area contributed by atoms with E-state index < -0.39 is 0 Å². The van der Waals surface area contributed by atoms with Gasteiger partial charge in [-0.1, -0.05) is 54.1 Å². The predicted octanol–water partition coefficient (Wildman–Crippen LogP) is 4.20. The van der Waals surface area contributed by atoms with Gasteiger partial charge in [-0.25, -0.2) is 0 Å². The fourth-order valence-electron chi connectivity index (χ4n) is 1.78. The van der Waals surface area contributed by atoms with Crippen molar-refractivity contribution in [1.29, 1.82) is 0 Å². The highest BCUT2D eigenvalue weighted by Gasteiger charge is 1.98. The summed E-state index contributed by atoms with van der Waals surface area (Å²) >= 11 is 0. The predicted molar refractivity (Wildman–Crippen MR) is 62.0 cm³/mol. The topological polar surface area (TPSA) is 0 Å². The van der Waals surface area contributed by atoms with Crippen LogP contribution in [0.3, 0.4) is 0 Å². The van der Waals surface area contributed by atoms with Gasteiger partial charge in [0.1, 0.15) is 0 Å². The van der Waals surface area contributed by atoms with Crippen molar-refractivity contribution in [3.63, 3.8) is 0 Å². The average molecular weight is 184 g/mol. The van der Waals surface area contributed by atoms with Crippen molar-refractivity contribution in [2.45, 2.75) is 25.7 Å². The summed E-state index contributed by atoms with van der Waals surface area (Å²) in [6.45, 7) is 0. The summed E-state index contributed by atoms with van der Waals surface area (Å²) in [7, 11) is 0. The largest absolute Gasteiger partial charge is 0.0813 e. The highest BCUT2D eigenvalue weighted by atomic mass is 14.0. The van der Waals surface area contributed by atoms with Crippen LogP contribution in [0.15, 0.2) is 48.1 Å². The molecule has 0 spiro atoms. The summed E-state index contributed by atoms with van der Waals surface area (Å²) in [5.41, 5.74) is 2.79. The molecule has 72 valence electrons. The van der Waals surface area contributed by atoms with Crippen LogP contribution >= 0.6 is 0 Å². The van der Waals surface area contributed by atoms with Crippen molar-refractivity contribution in [3.8, 4) is 0 Å². The van der Waals surface area contributed by atoms with Crippen LogP contribution in [-0.2, 0) is 0 Å². The molecular formula is C14H16. The number of hydrogen-bond acceptors (Lipinski definition) is 0. The van der Waals surface area contributed by atoms with E-state index in [0.717, 1.165) is 0 Å². The molecule has 1 aromatic rings. The molecular weight excluding hydrogens is 168 g/mol. The summed E-state index contributed by atoms with van der Waals surface area (Å²) in [5, 5.41) is 0. The van der Waals surface area contributed by atoms with Crippen molar-refractivity contribution in [2.24, 2.45) is 0 Å². The molecule has 0 unspecified atom stereocenters. The van der Waals surface area contributed by atoms with Gasteiger partial charge in [-0.05, 0) is 31.2 Å². The third kappa shape index (κ3) is 2.59. The van der Waals surface area contributed by atoms with Gasteiger partial charge in [-0.2, -0.15) is 0 Å². The monoisotopic (exact) mass is 184 g/mol. The summed E-state index contributed by atoms with van der Waals surface area (Å²) in [5.74, 6) is 0. The summed E-state index contributed by atoms with van der Waals surface area (Å²) in [4.78, 5) is 0. The van der Waals surface area contributed by atoms with E-state index >= 15 is 0 Å². The lowest BCUT2D eigenvalue weighted by atomic mass is 9.99. The molecule has 14 heavy (non-hydrogen) atoms. The lowest BCUT2D eigenvalue weighted by molar-refractivity contribution is 0.712. The Morgan fingerprint density at radius 3 is 2.50 bits per heavy atom. The molecule has 0 heteroatoms. The fourth-order valence-corrected chi connectivity index (χ4v) is 1.78. The second kappa shape index (κ2) is 4.80. The maximum Gasteiger partial charge on any atom is -0.0257 e. The number of benzene rings is 1. The molecule has 2 rings (SSSR count). The van der Waals surface area contributed by atoms with Crippen LogP contribution in [0.4, 0.5) is 0 Å². The van der Waals surface area contributed by atoms with Crippen molar-refractivity contribution in [1.82, 2.24) is 0 Å². The molecule has 0 fully saturated rings. The Balaban J connectivity index is 2.03. The Bertz CT molecular complexity index is 330. The minimum absolute atomic E-state index is 1.25. The molecule has 0 saturated carbocycles. The zero-order chi connectivity index (χ0) is 9.64. The van der Waals surface area contributed by atoms with Crippen molar-refractivity contribution in [2.75, 3.05) is 0 Å². The standard InChI is InChI=1S/C14H16/c1-3-7-13(8-4-1)11-12-14-9-5-2-6-10-14/h1,3-4,7-9,11-12H,2,5-6,10H2/b12-11+. The van der Waals surface area contributed by atoms with E-state index in [1.807, 2.05) is 0 Å². The molecule has 0 bridgehead atoms. The van der Waals surface area contributed by atoms with E-state index in [-0.39, 0.29) is 0 Å². The van der Waals surface area contributed by atoms with Crippen molar-refractivity contribution >= 4 is 6.08 Å². The number of rotatable bonds is 2. The highest BCUT2D eigenvalue weighted by molar-refractivity contribution is 5.52. The van der Waals surface area contributed by atoms with E-state index in [2.05, 4.69) is 48.6 Å². The Labute approximate surface area is 86.0 Å². The fraction of sp³-hybridized carbons (Fsp3) is 0.286. The minimum atomic E-state index is 1.25. The normalized spacial score (nSPS) is 17.0. The Hall–Kier alpha value is -1.30. The zero-order valence-electron chi connectivity index (χ0n) is 8.45. The van der Waals surface area contributed by atoms with Gasteiger partial charge >= 0.3 is 0 Å². The molecule has 1 aromatic carbocycles. The van der Waals surface area contributed by atoms with E-state index in [0.29, 0.717) is 0 Å². The molecule has 0 heterocycles. The van der Waals surface area contributed by atoms with Gasteiger partial charge in [0.15, 0.2) is 0 Å². The first kappa shape index (κ1) is 9.26. The first-order valence-corrected chi connectivity index (χ1v) is 5.37. The van der Waals surface area contributed by atoms with Crippen LogP contribution < -0.4 is 0 Å². The first-order chi connectivity index (χ1) is 6.95. The van der Waals surface area contributed by atoms with Gasteiger partial charge in [0, 0.05) is 0 Å². The van der Waals surface area contributed by atoms with Gasteiger partial charge in [0.25, 0.3) is 0 Å². The molecule has 0 radical (unpaired) electrons. The van der Waals surface area contributed by atoms with Crippen LogP contribution in [0.25, 0.3) is 6.08 Å². The Kier molecular flexibility index (Phi) is 3.18. The summed E-state index contributed by atoms with van der Waals surface area (Å²) < 4.78 is 0. The van der Waals surface area contributed by atoms with Crippen LogP contribution in [0.2, 0.25) is 0 Å². The SMILES string of the molecule is C1=C(/C=C/c2ccccc2)CCCC1. The maximum absolute atomic E-state index is 2.36. The highest BCUT2D eigenvalue weighted by Crippen LogP contribution is 2.19. The van der Waals surface area contributed by atoms with E-state index in [4.69, 9.17) is 0 Å². The molecule has 0 aromatic heterocycles. The van der Waals surface area contributed by atoms with Gasteiger partial charge in [0.05, 0.1) is 0 Å². The maximum atomic E-state index is 2.36. The van der Waals surface area contributed by atoms with Gasteiger partial charge in [-0.15, -0.1) is 0 Å². The smallest absolute Gasteiger partial charge is 0.0257 e. The van der Waals surface area contributed by atoms with Crippen LogP contribution in [0, 0.1) is 0 Å². The second-order valence-electron chi connectivity index (χ2n) is 3.77. The second-order valence-corrected chi connectivity index (χ2v) is 3.77. The van der Waals surface area contributed by atoms with Crippen LogP contribution in [0.1, 0.15) is 31.2 Å². The molecule has 0 nitrogen and oxygen atoms in total. The van der Waals surface area contributed by atoms with E-state index in [1.54, 1.807) is 0 Å². The van der Waals surface area contributed by atoms with Gasteiger partial charge in [0.2, 0.25) is 0 Å². The third-order valence-electron chi connectivity index (χ3n) is 2.62. The molecule has 0 amide bonds. The van der Waals surface area contributed by atoms with Crippen molar-refractivity contribution in [3.05, 3.63) is 53.6 Å². The molecule has 0 atom stereocenters. The van der Waals surface area contributed by atoms with Crippen LogP contribution in [-0.4, -0.2) is 0 Å². The lowest BCUT2D eigenvalue weighted by Crippen LogP contribution is -1.87. The minimum Gasteiger partial charge on any atom is -0.0813 e. The molecule has 1 aliphatic rings. The molecule has 0 aliphatic heterocycles. The summed E-state index contributed by atoms with van der Waals surface area (Å²) in [6, 6.07) is 10.5. The quantitative estimate of drug-likeness (QED) is 0.646. The van der Waals surface area contributed by atoms with E-state index in [1.165, 1.54) is 36.8 Å². The molecule has 0 N–H and O–H groups in total. The number of allylic oxidation sites excluding steroid dienone is 3. The first-order valence-electron chi connectivity index (χ1n) is 5.37. The van der Waals surface area contributed by atoms with Gasteiger partial charge in [-0.3, -0.25) is 0 Å². The van der Waals surface area contributed by atoms with Crippen LogP contribution in [0.5, 0.6) is 0 Å². The lowest BCUT2D eigenvalue weighted by Gasteiger charge is -2.07. The average Bonchev–Trinajstić information content (AvgIpc) is 2.29. The van der Waals surface area contributed by atoms with Gasteiger partial charge < -0.3 is 0 Å².